The lowest BCUT2D eigenvalue weighted by Gasteiger charge is -2.42. The lowest BCUT2D eigenvalue weighted by molar-refractivity contribution is -0.114. The van der Waals surface area contributed by atoms with Gasteiger partial charge in [0.15, 0.2) is 6.17 Å². The Morgan fingerprint density at radius 3 is 2.55 bits per heavy atom. The molecule has 3 heterocycles. The molecule has 11 heteroatoms. The van der Waals surface area contributed by atoms with Crippen LogP contribution >= 0.6 is 0 Å². The maximum atomic E-state index is 12.4. The molecule has 1 aromatic rings. The number of hydrogen-bond donors (Lipinski definition) is 6. The minimum absolute atomic E-state index is 0.0576. The van der Waals surface area contributed by atoms with E-state index >= 15 is 0 Å². The summed E-state index contributed by atoms with van der Waals surface area (Å²) in [5, 5.41) is 44.2. The van der Waals surface area contributed by atoms with Crippen LogP contribution in [0, 0.1) is 0 Å². The summed E-state index contributed by atoms with van der Waals surface area (Å²) in [5.74, 6) is -0.644. The molecule has 3 aliphatic rings. The summed E-state index contributed by atoms with van der Waals surface area (Å²) < 4.78 is 0. The van der Waals surface area contributed by atoms with Gasteiger partial charge in [0.1, 0.15) is 24.0 Å². The summed E-state index contributed by atoms with van der Waals surface area (Å²) in [6.07, 6.45) is -2.20. The van der Waals surface area contributed by atoms with Gasteiger partial charge in [-0.1, -0.05) is 0 Å². The molecule has 6 N–H and O–H groups in total. The maximum Gasteiger partial charge on any atom is 0.323 e. The zero-order valence-corrected chi connectivity index (χ0v) is 16.9. The van der Waals surface area contributed by atoms with E-state index in [1.165, 1.54) is 6.42 Å². The number of aliphatic hydroxyl groups excluding tert-OH is 4. The molecule has 0 radical (unpaired) electrons. The molecule has 1 aromatic carbocycles. The van der Waals surface area contributed by atoms with Crippen LogP contribution in [-0.4, -0.2) is 88.8 Å². The van der Waals surface area contributed by atoms with Gasteiger partial charge < -0.3 is 35.5 Å². The van der Waals surface area contributed by atoms with E-state index in [-0.39, 0.29) is 12.3 Å². The van der Waals surface area contributed by atoms with Gasteiger partial charge in [0.25, 0.3) is 5.91 Å². The number of rotatable bonds is 6. The largest absolute Gasteiger partial charge is 0.394 e. The van der Waals surface area contributed by atoms with Crippen LogP contribution in [0.3, 0.4) is 0 Å². The summed E-state index contributed by atoms with van der Waals surface area (Å²) in [6, 6.07) is 4.90. The van der Waals surface area contributed by atoms with Crippen molar-refractivity contribution in [3.05, 3.63) is 18.2 Å². The number of urea groups is 1. The number of aliphatic imine (C=N–C) groups is 1. The number of piperidine rings is 1. The number of carbonyl (C=O) groups is 2. The van der Waals surface area contributed by atoms with Crippen molar-refractivity contribution in [1.29, 1.82) is 0 Å². The van der Waals surface area contributed by atoms with Crippen LogP contribution < -0.4 is 20.4 Å². The van der Waals surface area contributed by atoms with Gasteiger partial charge in [0.2, 0.25) is 0 Å². The third-order valence-electron chi connectivity index (χ3n) is 5.89. The smallest absolute Gasteiger partial charge is 0.323 e. The fourth-order valence-electron chi connectivity index (χ4n) is 4.19. The number of aliphatic hydroxyl groups is 4. The molecule has 4 rings (SSSR count). The number of fused-ring (bicyclic) bond motifs is 2. The number of anilines is 2. The molecular formula is C20H27N5O6. The van der Waals surface area contributed by atoms with Crippen molar-refractivity contribution in [2.75, 3.05) is 36.0 Å². The quantitative estimate of drug-likeness (QED) is 0.327. The van der Waals surface area contributed by atoms with Gasteiger partial charge in [-0.25, -0.2) is 9.79 Å². The Bertz CT molecular complexity index is 887. The zero-order chi connectivity index (χ0) is 22.1. The topological polar surface area (TPSA) is 158 Å². The monoisotopic (exact) mass is 433 g/mol. The summed E-state index contributed by atoms with van der Waals surface area (Å²) in [4.78, 5) is 32.6. The molecule has 31 heavy (non-hydrogen) atoms. The second-order valence-electron chi connectivity index (χ2n) is 8.01. The number of benzene rings is 1. The molecule has 3 aliphatic heterocycles. The molecule has 11 nitrogen and oxygen atoms in total. The normalized spacial score (nSPS) is 23.7. The lowest BCUT2D eigenvalue weighted by atomic mass is 10.0. The number of nitrogens with zero attached hydrogens (tertiary/aromatic N) is 3. The lowest BCUT2D eigenvalue weighted by Crippen LogP contribution is -2.67. The molecule has 3 amide bonds. The van der Waals surface area contributed by atoms with Crippen molar-refractivity contribution in [2.24, 2.45) is 4.99 Å². The molecule has 4 atom stereocenters. The van der Waals surface area contributed by atoms with Crippen LogP contribution in [0.5, 0.6) is 0 Å². The molecule has 0 bridgehead atoms. The van der Waals surface area contributed by atoms with E-state index in [4.69, 9.17) is 5.11 Å². The first-order valence-electron chi connectivity index (χ1n) is 10.4. The van der Waals surface area contributed by atoms with Gasteiger partial charge in [-0.05, 0) is 37.5 Å². The van der Waals surface area contributed by atoms with Gasteiger partial charge in [0.05, 0.1) is 18.0 Å². The van der Waals surface area contributed by atoms with E-state index in [0.717, 1.165) is 31.6 Å². The van der Waals surface area contributed by atoms with Crippen molar-refractivity contribution in [2.45, 2.75) is 43.7 Å². The molecule has 0 saturated carbocycles. The van der Waals surface area contributed by atoms with Crippen molar-refractivity contribution < 1.29 is 30.0 Å². The molecule has 168 valence electrons. The second-order valence-corrected chi connectivity index (χ2v) is 8.01. The van der Waals surface area contributed by atoms with Crippen LogP contribution in [0.25, 0.3) is 0 Å². The highest BCUT2D eigenvalue weighted by Crippen LogP contribution is 2.38. The summed E-state index contributed by atoms with van der Waals surface area (Å²) in [6.45, 7) is 0.898. The number of carbonyl (C=O) groups excluding carboxylic acids is 2. The number of imide groups is 1. The highest BCUT2D eigenvalue weighted by atomic mass is 16.4. The van der Waals surface area contributed by atoms with Gasteiger partial charge in [-0.3, -0.25) is 10.1 Å². The Kier molecular flexibility index (Phi) is 6.10. The average molecular weight is 433 g/mol. The van der Waals surface area contributed by atoms with Gasteiger partial charge >= 0.3 is 6.03 Å². The van der Waals surface area contributed by atoms with Crippen LogP contribution in [0.15, 0.2) is 23.2 Å². The predicted molar refractivity (Wildman–Crippen MR) is 113 cm³/mol. The first-order valence-corrected chi connectivity index (χ1v) is 10.4. The first kappa shape index (κ1) is 21.5. The molecule has 4 unspecified atom stereocenters. The van der Waals surface area contributed by atoms with Gasteiger partial charge in [-0.2, -0.15) is 0 Å². The van der Waals surface area contributed by atoms with Crippen molar-refractivity contribution in [3.8, 4) is 0 Å². The van der Waals surface area contributed by atoms with E-state index in [0.29, 0.717) is 11.4 Å². The Hall–Kier alpha value is -2.73. The summed E-state index contributed by atoms with van der Waals surface area (Å²) in [7, 11) is 0. The number of hydrogen-bond acceptors (Lipinski definition) is 9. The average Bonchev–Trinajstić information content (AvgIpc) is 2.78. The van der Waals surface area contributed by atoms with E-state index < -0.39 is 43.0 Å². The van der Waals surface area contributed by atoms with E-state index in [2.05, 4.69) is 20.5 Å². The highest BCUT2D eigenvalue weighted by molar-refractivity contribution is 6.46. The van der Waals surface area contributed by atoms with Crippen molar-refractivity contribution in [1.82, 2.24) is 10.6 Å². The first-order chi connectivity index (χ1) is 14.9. The number of amides is 3. The molecule has 0 spiro atoms. The van der Waals surface area contributed by atoms with Crippen LogP contribution in [0.4, 0.5) is 21.9 Å². The SMILES string of the molecule is O=C1NC(=O)C2=Nc3ccc(N4CCCCC4)cc3N(CC(O)C(O)C(O)CO)C2N1. The number of β-amino-alcohol motifs (C(OH)–C–C–N with tert-alkyl or cyclic N) is 1. The van der Waals surface area contributed by atoms with Crippen LogP contribution in [0.2, 0.25) is 0 Å². The molecule has 2 saturated heterocycles. The van der Waals surface area contributed by atoms with Crippen LogP contribution in [-0.2, 0) is 4.79 Å². The Balaban J connectivity index is 1.71. The fraction of sp³-hybridized carbons (Fsp3) is 0.550. The highest BCUT2D eigenvalue weighted by Gasteiger charge is 2.41. The summed E-state index contributed by atoms with van der Waals surface area (Å²) >= 11 is 0. The number of nitrogens with one attached hydrogen (secondary N) is 2. The minimum Gasteiger partial charge on any atom is -0.394 e. The minimum atomic E-state index is -1.62. The Labute approximate surface area is 179 Å². The molecule has 0 aliphatic carbocycles. The van der Waals surface area contributed by atoms with E-state index in [1.807, 2.05) is 12.1 Å². The van der Waals surface area contributed by atoms with Crippen molar-refractivity contribution in [3.63, 3.8) is 0 Å². The van der Waals surface area contributed by atoms with Crippen LogP contribution in [0.1, 0.15) is 19.3 Å². The van der Waals surface area contributed by atoms with E-state index in [9.17, 15) is 24.9 Å². The summed E-state index contributed by atoms with van der Waals surface area (Å²) in [5.41, 5.74) is 2.08. The Morgan fingerprint density at radius 1 is 1.10 bits per heavy atom. The third-order valence-corrected chi connectivity index (χ3v) is 5.89. The molecule has 0 aromatic heterocycles. The molecule has 2 fully saturated rings. The van der Waals surface area contributed by atoms with Crippen molar-refractivity contribution >= 4 is 34.7 Å². The molecular weight excluding hydrogens is 406 g/mol. The predicted octanol–water partition coefficient (Wildman–Crippen LogP) is -1.19. The fourth-order valence-corrected chi connectivity index (χ4v) is 4.19. The van der Waals surface area contributed by atoms with Gasteiger partial charge in [0, 0.05) is 25.3 Å². The van der Waals surface area contributed by atoms with E-state index in [1.54, 1.807) is 11.0 Å². The Morgan fingerprint density at radius 2 is 1.84 bits per heavy atom. The standard InChI is InChI=1S/C20H27N5O6/c26-10-15(28)17(29)14(27)9-25-13-8-11(24-6-2-1-3-7-24)4-5-12(13)21-16-18(25)22-20(31)23-19(16)30/h4-5,8,14-15,17-18,26-29H,1-3,6-7,9-10H2,(H2,22,23,30,31). The second kappa shape index (κ2) is 8.79. The maximum absolute atomic E-state index is 12.4. The third kappa shape index (κ3) is 4.22. The van der Waals surface area contributed by atoms with Gasteiger partial charge in [-0.15, -0.1) is 0 Å². The zero-order valence-electron chi connectivity index (χ0n) is 16.9.